The third kappa shape index (κ3) is 3.32. The van der Waals surface area contributed by atoms with Gasteiger partial charge in [0.05, 0.1) is 5.69 Å². The van der Waals surface area contributed by atoms with Crippen LogP contribution in [0.3, 0.4) is 0 Å². The maximum atomic E-state index is 14.1. The molecule has 20 heavy (non-hydrogen) atoms. The number of nitrogens with two attached hydrogens (primary N) is 1. The summed E-state index contributed by atoms with van der Waals surface area (Å²) in [6.45, 7) is 0.825. The van der Waals surface area contributed by atoms with Gasteiger partial charge >= 0.3 is 0 Å². The van der Waals surface area contributed by atoms with Crippen LogP contribution in [0.2, 0.25) is 0 Å². The number of halogens is 3. The normalized spacial score (nSPS) is 10.6. The fourth-order valence-corrected chi connectivity index (χ4v) is 2.17. The van der Waals surface area contributed by atoms with E-state index < -0.39 is 11.6 Å². The van der Waals surface area contributed by atoms with Crippen LogP contribution in [0, 0.1) is 11.6 Å². The summed E-state index contributed by atoms with van der Waals surface area (Å²) >= 11 is 3.15. The van der Waals surface area contributed by atoms with Gasteiger partial charge in [0.1, 0.15) is 5.82 Å². The standard InChI is InChI=1S/C14H14BrF2N3/c15-10-8-12(17)14(19-9-10)20(7-3-6-18)13-5-2-1-4-11(13)16/h1-2,4-5,8-9H,3,6-7,18H2. The molecule has 1 aromatic carbocycles. The quantitative estimate of drug-likeness (QED) is 0.903. The number of anilines is 2. The summed E-state index contributed by atoms with van der Waals surface area (Å²) in [5, 5.41) is 0. The molecule has 0 unspecified atom stereocenters. The first kappa shape index (κ1) is 14.9. The van der Waals surface area contributed by atoms with E-state index in [0.29, 0.717) is 24.0 Å². The molecule has 6 heteroatoms. The number of aromatic nitrogens is 1. The topological polar surface area (TPSA) is 42.1 Å². The van der Waals surface area contributed by atoms with Gasteiger partial charge in [0.2, 0.25) is 0 Å². The molecule has 1 heterocycles. The average molecular weight is 342 g/mol. The van der Waals surface area contributed by atoms with Gasteiger partial charge in [0.25, 0.3) is 0 Å². The monoisotopic (exact) mass is 341 g/mol. The highest BCUT2D eigenvalue weighted by molar-refractivity contribution is 9.10. The SMILES string of the molecule is NCCCN(c1ccccc1F)c1ncc(Br)cc1F. The molecule has 2 rings (SSSR count). The Morgan fingerprint density at radius 3 is 2.60 bits per heavy atom. The smallest absolute Gasteiger partial charge is 0.169 e. The predicted molar refractivity (Wildman–Crippen MR) is 79.0 cm³/mol. The van der Waals surface area contributed by atoms with Crippen molar-refractivity contribution in [2.75, 3.05) is 18.0 Å². The second-order valence-electron chi connectivity index (χ2n) is 4.20. The molecule has 106 valence electrons. The van der Waals surface area contributed by atoms with Crippen LogP contribution in [-0.2, 0) is 0 Å². The van der Waals surface area contributed by atoms with Crippen molar-refractivity contribution in [2.45, 2.75) is 6.42 Å². The van der Waals surface area contributed by atoms with Crippen LogP contribution in [0.1, 0.15) is 6.42 Å². The molecule has 0 aliphatic carbocycles. The van der Waals surface area contributed by atoms with Gasteiger partial charge in [0, 0.05) is 17.2 Å². The fourth-order valence-electron chi connectivity index (χ4n) is 1.87. The lowest BCUT2D eigenvalue weighted by molar-refractivity contribution is 0.604. The Morgan fingerprint density at radius 1 is 1.20 bits per heavy atom. The molecule has 0 fully saturated rings. The van der Waals surface area contributed by atoms with Crippen LogP contribution >= 0.6 is 15.9 Å². The van der Waals surface area contributed by atoms with Gasteiger partial charge in [-0.2, -0.15) is 0 Å². The van der Waals surface area contributed by atoms with E-state index in [1.165, 1.54) is 23.2 Å². The Kier molecular flexibility index (Phi) is 5.03. The molecule has 0 saturated carbocycles. The first-order valence-electron chi connectivity index (χ1n) is 6.16. The van der Waals surface area contributed by atoms with Gasteiger partial charge in [-0.1, -0.05) is 12.1 Å². The average Bonchev–Trinajstić information content (AvgIpc) is 2.42. The number of para-hydroxylation sites is 1. The van der Waals surface area contributed by atoms with Crippen molar-refractivity contribution in [3.63, 3.8) is 0 Å². The minimum atomic E-state index is -0.514. The van der Waals surface area contributed by atoms with Crippen LogP contribution in [-0.4, -0.2) is 18.1 Å². The number of nitrogens with zero attached hydrogens (tertiary/aromatic N) is 2. The Balaban J connectivity index is 2.44. The molecule has 0 radical (unpaired) electrons. The van der Waals surface area contributed by atoms with E-state index in [4.69, 9.17) is 5.73 Å². The minimum absolute atomic E-state index is 0.0896. The Hall–Kier alpha value is -1.53. The number of rotatable bonds is 5. The van der Waals surface area contributed by atoms with Gasteiger partial charge < -0.3 is 10.6 Å². The molecule has 1 aromatic heterocycles. The molecular formula is C14H14BrF2N3. The third-order valence-corrected chi connectivity index (χ3v) is 3.21. The van der Waals surface area contributed by atoms with Crippen molar-refractivity contribution in [3.05, 3.63) is 52.6 Å². The molecule has 2 aromatic rings. The maximum absolute atomic E-state index is 14.1. The van der Waals surface area contributed by atoms with Crippen molar-refractivity contribution in [3.8, 4) is 0 Å². The summed E-state index contributed by atoms with van der Waals surface area (Å²) in [6, 6.07) is 7.52. The van der Waals surface area contributed by atoms with Crippen LogP contribution in [0.4, 0.5) is 20.3 Å². The zero-order chi connectivity index (χ0) is 14.5. The summed E-state index contributed by atoms with van der Waals surface area (Å²) in [7, 11) is 0. The summed E-state index contributed by atoms with van der Waals surface area (Å²) in [4.78, 5) is 5.55. The lowest BCUT2D eigenvalue weighted by Crippen LogP contribution is -2.24. The number of pyridine rings is 1. The van der Waals surface area contributed by atoms with Crippen molar-refractivity contribution in [1.29, 1.82) is 0 Å². The van der Waals surface area contributed by atoms with Crippen LogP contribution in [0.5, 0.6) is 0 Å². The van der Waals surface area contributed by atoms with E-state index in [1.54, 1.807) is 18.2 Å². The number of benzene rings is 1. The molecule has 0 aliphatic heterocycles. The summed E-state index contributed by atoms with van der Waals surface area (Å²) in [6.07, 6.45) is 2.08. The summed E-state index contributed by atoms with van der Waals surface area (Å²) < 4.78 is 28.5. The Morgan fingerprint density at radius 2 is 1.95 bits per heavy atom. The molecule has 0 saturated heterocycles. The van der Waals surface area contributed by atoms with Gasteiger partial charge in [0.15, 0.2) is 11.6 Å². The molecular weight excluding hydrogens is 328 g/mol. The van der Waals surface area contributed by atoms with Gasteiger partial charge in [-0.15, -0.1) is 0 Å². The highest BCUT2D eigenvalue weighted by Gasteiger charge is 2.18. The first-order valence-corrected chi connectivity index (χ1v) is 6.96. The number of hydrogen-bond acceptors (Lipinski definition) is 3. The van der Waals surface area contributed by atoms with Gasteiger partial charge in [-0.3, -0.25) is 0 Å². The Bertz CT molecular complexity index is 592. The maximum Gasteiger partial charge on any atom is 0.169 e. The first-order chi connectivity index (χ1) is 9.63. The molecule has 0 aliphatic rings. The van der Waals surface area contributed by atoms with Crippen molar-refractivity contribution < 1.29 is 8.78 Å². The lowest BCUT2D eigenvalue weighted by Gasteiger charge is -2.24. The Labute approximate surface area is 124 Å². The van der Waals surface area contributed by atoms with Crippen molar-refractivity contribution in [1.82, 2.24) is 4.98 Å². The highest BCUT2D eigenvalue weighted by Crippen LogP contribution is 2.29. The van der Waals surface area contributed by atoms with Crippen LogP contribution < -0.4 is 10.6 Å². The van der Waals surface area contributed by atoms with Crippen LogP contribution in [0.15, 0.2) is 41.0 Å². The third-order valence-electron chi connectivity index (χ3n) is 2.77. The zero-order valence-electron chi connectivity index (χ0n) is 10.7. The second-order valence-corrected chi connectivity index (χ2v) is 5.12. The van der Waals surface area contributed by atoms with E-state index in [-0.39, 0.29) is 11.5 Å². The molecule has 0 spiro atoms. The summed E-state index contributed by atoms with van der Waals surface area (Å²) in [5.74, 6) is -0.847. The zero-order valence-corrected chi connectivity index (χ0v) is 12.3. The van der Waals surface area contributed by atoms with E-state index in [1.807, 2.05) is 0 Å². The molecule has 0 amide bonds. The number of hydrogen-bond donors (Lipinski definition) is 1. The summed E-state index contributed by atoms with van der Waals surface area (Å²) in [5.41, 5.74) is 5.78. The van der Waals surface area contributed by atoms with E-state index in [0.717, 1.165) is 0 Å². The largest absolute Gasteiger partial charge is 0.330 e. The minimum Gasteiger partial charge on any atom is -0.330 e. The molecule has 3 nitrogen and oxygen atoms in total. The molecule has 0 atom stereocenters. The van der Waals surface area contributed by atoms with Crippen LogP contribution in [0.25, 0.3) is 0 Å². The van der Waals surface area contributed by atoms with Gasteiger partial charge in [-0.05, 0) is 47.1 Å². The van der Waals surface area contributed by atoms with Crippen molar-refractivity contribution >= 4 is 27.4 Å². The van der Waals surface area contributed by atoms with E-state index in [9.17, 15) is 8.78 Å². The highest BCUT2D eigenvalue weighted by atomic mass is 79.9. The second kappa shape index (κ2) is 6.76. The van der Waals surface area contributed by atoms with E-state index in [2.05, 4.69) is 20.9 Å². The molecule has 0 bridgehead atoms. The predicted octanol–water partition coefficient (Wildman–Crippen LogP) is 3.61. The van der Waals surface area contributed by atoms with Gasteiger partial charge in [-0.25, -0.2) is 13.8 Å². The fraction of sp³-hybridized carbons (Fsp3) is 0.214. The lowest BCUT2D eigenvalue weighted by atomic mass is 10.2. The van der Waals surface area contributed by atoms with E-state index >= 15 is 0 Å². The molecule has 2 N–H and O–H groups in total. The van der Waals surface area contributed by atoms with Crippen molar-refractivity contribution in [2.24, 2.45) is 5.73 Å².